The largest absolute Gasteiger partial charge is 0.334 e. The number of pyridine rings is 1. The molecule has 0 aliphatic carbocycles. The van der Waals surface area contributed by atoms with Crippen LogP contribution >= 0.6 is 0 Å². The fourth-order valence-electron chi connectivity index (χ4n) is 1.15. The van der Waals surface area contributed by atoms with Crippen LogP contribution in [0.15, 0.2) is 22.9 Å². The van der Waals surface area contributed by atoms with Gasteiger partial charge in [-0.25, -0.2) is 0 Å². The van der Waals surface area contributed by atoms with Crippen LogP contribution in [0.2, 0.25) is 0 Å². The van der Waals surface area contributed by atoms with Crippen molar-refractivity contribution in [3.63, 3.8) is 0 Å². The summed E-state index contributed by atoms with van der Waals surface area (Å²) < 4.78 is 4.92. The van der Waals surface area contributed by atoms with Crippen molar-refractivity contribution in [2.45, 2.75) is 20.4 Å². The Labute approximate surface area is 87.5 Å². The molecule has 0 saturated heterocycles. The Kier molecular flexibility index (Phi) is 2.62. The van der Waals surface area contributed by atoms with Crippen molar-refractivity contribution in [2.75, 3.05) is 5.32 Å². The Bertz CT molecular complexity index is 435. The third-order valence-electron chi connectivity index (χ3n) is 1.94. The van der Waals surface area contributed by atoms with E-state index >= 15 is 0 Å². The maximum Gasteiger partial charge on any atom is 0.321 e. The number of hydrogen-bond donors (Lipinski definition) is 1. The Balaban J connectivity index is 1.96. The number of rotatable bonds is 3. The van der Waals surface area contributed by atoms with Gasteiger partial charge < -0.3 is 9.84 Å². The van der Waals surface area contributed by atoms with Crippen molar-refractivity contribution in [3.05, 3.63) is 35.4 Å². The average Bonchev–Trinajstić information content (AvgIpc) is 2.64. The van der Waals surface area contributed by atoms with Gasteiger partial charge in [-0.1, -0.05) is 11.2 Å². The molecule has 0 radical (unpaired) electrons. The fraction of sp³-hybridized carbons (Fsp3) is 0.300. The van der Waals surface area contributed by atoms with Crippen molar-refractivity contribution >= 4 is 6.01 Å². The monoisotopic (exact) mass is 204 g/mol. The van der Waals surface area contributed by atoms with Crippen molar-refractivity contribution in [3.8, 4) is 0 Å². The predicted molar refractivity (Wildman–Crippen MR) is 55.3 cm³/mol. The lowest BCUT2D eigenvalue weighted by Crippen LogP contribution is -2.00. The molecule has 5 nitrogen and oxygen atoms in total. The van der Waals surface area contributed by atoms with Crippen LogP contribution in [0.4, 0.5) is 6.01 Å². The van der Waals surface area contributed by atoms with Crippen LogP contribution < -0.4 is 5.32 Å². The van der Waals surface area contributed by atoms with E-state index in [9.17, 15) is 0 Å². The maximum atomic E-state index is 4.92. The van der Waals surface area contributed by atoms with E-state index in [1.807, 2.05) is 25.3 Å². The van der Waals surface area contributed by atoms with E-state index in [1.165, 1.54) is 0 Å². The molecule has 1 N–H and O–H groups in total. The van der Waals surface area contributed by atoms with E-state index in [1.54, 1.807) is 6.92 Å². The molecule has 0 aliphatic heterocycles. The van der Waals surface area contributed by atoms with Crippen LogP contribution in [0, 0.1) is 13.8 Å². The average molecular weight is 204 g/mol. The summed E-state index contributed by atoms with van der Waals surface area (Å²) in [7, 11) is 0. The lowest BCUT2D eigenvalue weighted by molar-refractivity contribution is 0.425. The number of anilines is 1. The molecule has 0 atom stereocenters. The zero-order valence-corrected chi connectivity index (χ0v) is 8.69. The highest BCUT2D eigenvalue weighted by molar-refractivity contribution is 5.23. The van der Waals surface area contributed by atoms with Crippen molar-refractivity contribution in [2.24, 2.45) is 0 Å². The van der Waals surface area contributed by atoms with E-state index in [-0.39, 0.29) is 0 Å². The van der Waals surface area contributed by atoms with Gasteiger partial charge >= 0.3 is 6.01 Å². The lowest BCUT2D eigenvalue weighted by atomic mass is 10.2. The summed E-state index contributed by atoms with van der Waals surface area (Å²) >= 11 is 0. The van der Waals surface area contributed by atoms with Crippen LogP contribution in [0.1, 0.15) is 17.1 Å². The SMILES string of the molecule is Cc1ccc(CNc2nc(C)no2)cn1. The maximum absolute atomic E-state index is 4.92. The minimum atomic E-state index is 0.438. The highest BCUT2D eigenvalue weighted by Crippen LogP contribution is 2.05. The first-order valence-electron chi connectivity index (χ1n) is 4.70. The van der Waals surface area contributed by atoms with Crippen LogP contribution in [0.25, 0.3) is 0 Å². The van der Waals surface area contributed by atoms with Crippen molar-refractivity contribution in [1.29, 1.82) is 0 Å². The van der Waals surface area contributed by atoms with Crippen molar-refractivity contribution in [1.82, 2.24) is 15.1 Å². The summed E-state index contributed by atoms with van der Waals surface area (Å²) in [6, 6.07) is 4.42. The lowest BCUT2D eigenvalue weighted by Gasteiger charge is -2.00. The Morgan fingerprint density at radius 3 is 2.80 bits per heavy atom. The summed E-state index contributed by atoms with van der Waals surface area (Å²) in [5.74, 6) is 0.625. The molecule has 0 unspecified atom stereocenters. The molecule has 2 aromatic rings. The molecule has 0 aromatic carbocycles. The van der Waals surface area contributed by atoms with Gasteiger partial charge in [0.1, 0.15) is 0 Å². The molecule has 2 aromatic heterocycles. The molecule has 0 amide bonds. The topological polar surface area (TPSA) is 63.8 Å². The highest BCUT2D eigenvalue weighted by Gasteiger charge is 2.01. The zero-order valence-electron chi connectivity index (χ0n) is 8.69. The molecule has 5 heteroatoms. The summed E-state index contributed by atoms with van der Waals surface area (Å²) in [6.07, 6.45) is 1.82. The van der Waals surface area contributed by atoms with Gasteiger partial charge in [0.05, 0.1) is 0 Å². The molecule has 0 saturated carbocycles. The van der Waals surface area contributed by atoms with E-state index in [2.05, 4.69) is 20.4 Å². The first-order chi connectivity index (χ1) is 7.24. The number of hydrogen-bond acceptors (Lipinski definition) is 5. The summed E-state index contributed by atoms with van der Waals surface area (Å²) in [6.45, 7) is 4.37. The van der Waals surface area contributed by atoms with Gasteiger partial charge in [-0.3, -0.25) is 4.98 Å². The van der Waals surface area contributed by atoms with Gasteiger partial charge in [0.25, 0.3) is 0 Å². The van der Waals surface area contributed by atoms with E-state index in [0.717, 1.165) is 11.3 Å². The zero-order chi connectivity index (χ0) is 10.7. The standard InChI is InChI=1S/C10H12N4O/c1-7-3-4-9(5-11-7)6-12-10-13-8(2)14-15-10/h3-5H,6H2,1-2H3,(H,12,13,14). The van der Waals surface area contributed by atoms with E-state index < -0.39 is 0 Å². The molecule has 78 valence electrons. The Morgan fingerprint density at radius 1 is 1.33 bits per heavy atom. The van der Waals surface area contributed by atoms with Gasteiger partial charge in [0, 0.05) is 18.4 Å². The van der Waals surface area contributed by atoms with Gasteiger partial charge in [-0.2, -0.15) is 4.98 Å². The van der Waals surface area contributed by atoms with E-state index in [4.69, 9.17) is 4.52 Å². The molecule has 2 heterocycles. The number of nitrogens with zero attached hydrogens (tertiary/aromatic N) is 3. The van der Waals surface area contributed by atoms with Crippen LogP contribution in [0.5, 0.6) is 0 Å². The van der Waals surface area contributed by atoms with Crippen LogP contribution in [-0.2, 0) is 6.54 Å². The molecular weight excluding hydrogens is 192 g/mol. The van der Waals surface area contributed by atoms with Crippen LogP contribution in [-0.4, -0.2) is 15.1 Å². The molecular formula is C10H12N4O. The molecule has 0 spiro atoms. The van der Waals surface area contributed by atoms with E-state index in [0.29, 0.717) is 18.4 Å². The second-order valence-electron chi connectivity index (χ2n) is 3.31. The first-order valence-corrected chi connectivity index (χ1v) is 4.70. The summed E-state index contributed by atoms with van der Waals surface area (Å²) in [5, 5.41) is 6.70. The van der Waals surface area contributed by atoms with Gasteiger partial charge in [-0.05, 0) is 25.5 Å². The third-order valence-corrected chi connectivity index (χ3v) is 1.94. The normalized spacial score (nSPS) is 10.3. The number of aromatic nitrogens is 3. The molecule has 0 aliphatic rings. The van der Waals surface area contributed by atoms with Gasteiger partial charge in [0.2, 0.25) is 0 Å². The number of nitrogens with one attached hydrogen (secondary N) is 1. The minimum absolute atomic E-state index is 0.438. The Hall–Kier alpha value is -1.91. The van der Waals surface area contributed by atoms with Gasteiger partial charge in [-0.15, -0.1) is 0 Å². The van der Waals surface area contributed by atoms with Gasteiger partial charge in [0.15, 0.2) is 5.82 Å². The highest BCUT2D eigenvalue weighted by atomic mass is 16.5. The molecule has 0 bridgehead atoms. The smallest absolute Gasteiger partial charge is 0.321 e. The number of aryl methyl sites for hydroxylation is 2. The second-order valence-corrected chi connectivity index (χ2v) is 3.31. The third kappa shape index (κ3) is 2.52. The minimum Gasteiger partial charge on any atom is -0.334 e. The summed E-state index contributed by atoms with van der Waals surface area (Å²) in [5.41, 5.74) is 2.09. The molecule has 2 rings (SSSR count). The van der Waals surface area contributed by atoms with Crippen molar-refractivity contribution < 1.29 is 4.52 Å². The summed E-state index contributed by atoms with van der Waals surface area (Å²) in [4.78, 5) is 8.22. The second kappa shape index (κ2) is 4.08. The Morgan fingerprint density at radius 2 is 2.20 bits per heavy atom. The fourth-order valence-corrected chi connectivity index (χ4v) is 1.15. The molecule has 15 heavy (non-hydrogen) atoms. The predicted octanol–water partition coefficient (Wildman–Crippen LogP) is 1.69. The quantitative estimate of drug-likeness (QED) is 0.824. The van der Waals surface area contributed by atoms with Crippen LogP contribution in [0.3, 0.4) is 0 Å². The molecule has 0 fully saturated rings. The first kappa shape index (κ1) is 9.64.